The molecule has 0 aliphatic rings. The van der Waals surface area contributed by atoms with Crippen molar-refractivity contribution in [3.05, 3.63) is 24.3 Å². The van der Waals surface area contributed by atoms with Crippen LogP contribution >= 0.6 is 0 Å². The topological polar surface area (TPSA) is 25.8 Å². The summed E-state index contributed by atoms with van der Waals surface area (Å²) in [6.07, 6.45) is 9.16. The molecule has 2 heteroatoms. The van der Waals surface area contributed by atoms with Crippen molar-refractivity contribution < 1.29 is 0 Å². The Morgan fingerprint density at radius 3 is 3.00 bits per heavy atom. The van der Waals surface area contributed by atoms with Crippen LogP contribution in [0.4, 0.5) is 0 Å². The van der Waals surface area contributed by atoms with Crippen LogP contribution < -0.4 is 0 Å². The van der Waals surface area contributed by atoms with Crippen molar-refractivity contribution in [3.8, 4) is 0 Å². The smallest absolute Gasteiger partial charge is 0.197 e. The van der Waals surface area contributed by atoms with Gasteiger partial charge in [-0.3, -0.25) is 0 Å². The van der Waals surface area contributed by atoms with Crippen LogP contribution in [0, 0.1) is 6.33 Å². The van der Waals surface area contributed by atoms with Crippen molar-refractivity contribution in [1.82, 2.24) is 9.97 Å². The average molecular weight is 149 g/mol. The highest BCUT2D eigenvalue weighted by Crippen LogP contribution is 2.01. The second-order valence-corrected chi connectivity index (χ2v) is 2.61. The molecule has 1 rings (SSSR count). The monoisotopic (exact) mass is 149 g/mol. The summed E-state index contributed by atoms with van der Waals surface area (Å²) in [5, 5.41) is 0. The van der Waals surface area contributed by atoms with E-state index in [1.165, 1.54) is 19.3 Å². The summed E-state index contributed by atoms with van der Waals surface area (Å²) >= 11 is 0. The SMILES string of the molecule is CCCCCc1ccn[c]n1. The van der Waals surface area contributed by atoms with Gasteiger partial charge in [0, 0.05) is 11.9 Å². The molecule has 0 amide bonds. The maximum Gasteiger partial charge on any atom is 0.197 e. The molecule has 0 N–H and O–H groups in total. The second-order valence-electron chi connectivity index (χ2n) is 2.61. The number of rotatable bonds is 4. The maximum absolute atomic E-state index is 4.01. The summed E-state index contributed by atoms with van der Waals surface area (Å²) in [5.74, 6) is 0. The van der Waals surface area contributed by atoms with Crippen LogP contribution in [0.1, 0.15) is 31.9 Å². The lowest BCUT2D eigenvalue weighted by atomic mass is 10.1. The third-order valence-corrected chi connectivity index (χ3v) is 1.63. The van der Waals surface area contributed by atoms with Gasteiger partial charge >= 0.3 is 0 Å². The molecule has 1 radical (unpaired) electrons. The summed E-state index contributed by atoms with van der Waals surface area (Å²) in [5.41, 5.74) is 1.11. The lowest BCUT2D eigenvalue weighted by Crippen LogP contribution is -1.89. The van der Waals surface area contributed by atoms with Gasteiger partial charge < -0.3 is 0 Å². The van der Waals surface area contributed by atoms with Gasteiger partial charge in [-0.1, -0.05) is 19.8 Å². The Kier molecular flexibility index (Phi) is 3.59. The Morgan fingerprint density at radius 1 is 1.45 bits per heavy atom. The molecule has 0 spiro atoms. The Morgan fingerprint density at radius 2 is 2.36 bits per heavy atom. The molecule has 0 saturated carbocycles. The van der Waals surface area contributed by atoms with Crippen LogP contribution in [0.5, 0.6) is 0 Å². The molecule has 1 heterocycles. The Bertz CT molecular complexity index is 184. The lowest BCUT2D eigenvalue weighted by molar-refractivity contribution is 0.705. The predicted octanol–water partition coefficient (Wildman–Crippen LogP) is 2.01. The molecule has 1 aromatic heterocycles. The third kappa shape index (κ3) is 3.12. The van der Waals surface area contributed by atoms with Crippen molar-refractivity contribution in [2.75, 3.05) is 0 Å². The van der Waals surface area contributed by atoms with Gasteiger partial charge in [-0.2, -0.15) is 0 Å². The minimum absolute atomic E-state index is 1.06. The zero-order valence-electron chi connectivity index (χ0n) is 6.88. The first-order chi connectivity index (χ1) is 5.43. The highest BCUT2D eigenvalue weighted by atomic mass is 14.8. The molecule has 0 aliphatic heterocycles. The number of nitrogens with zero attached hydrogens (tertiary/aromatic N) is 2. The van der Waals surface area contributed by atoms with Crippen LogP contribution in [-0.4, -0.2) is 9.97 Å². The molecule has 11 heavy (non-hydrogen) atoms. The van der Waals surface area contributed by atoms with Crippen LogP contribution in [0.15, 0.2) is 12.3 Å². The standard InChI is InChI=1S/C9H13N2/c1-2-3-4-5-9-6-7-10-8-11-9/h6-7H,2-5H2,1H3. The first-order valence-electron chi connectivity index (χ1n) is 4.11. The van der Waals surface area contributed by atoms with Gasteiger partial charge in [-0.15, -0.1) is 0 Å². The Balaban J connectivity index is 2.28. The number of hydrogen-bond donors (Lipinski definition) is 0. The molecule has 0 atom stereocenters. The van der Waals surface area contributed by atoms with Gasteiger partial charge in [0.25, 0.3) is 0 Å². The fourth-order valence-electron chi connectivity index (χ4n) is 0.982. The van der Waals surface area contributed by atoms with Gasteiger partial charge in [-0.25, -0.2) is 9.97 Å². The van der Waals surface area contributed by atoms with E-state index in [0.29, 0.717) is 0 Å². The van der Waals surface area contributed by atoms with Crippen LogP contribution in [0.25, 0.3) is 0 Å². The summed E-state index contributed by atoms with van der Waals surface area (Å²) in [6.45, 7) is 2.20. The van der Waals surface area contributed by atoms with Crippen LogP contribution in [0.3, 0.4) is 0 Å². The highest BCUT2D eigenvalue weighted by molar-refractivity contribution is 4.96. The molecular weight excluding hydrogens is 136 g/mol. The van der Waals surface area contributed by atoms with Crippen LogP contribution in [0.2, 0.25) is 0 Å². The molecule has 0 aliphatic carbocycles. The Hall–Kier alpha value is -0.920. The van der Waals surface area contributed by atoms with E-state index in [1.807, 2.05) is 6.07 Å². The van der Waals surface area contributed by atoms with Gasteiger partial charge in [0.05, 0.1) is 0 Å². The summed E-state index contributed by atoms with van der Waals surface area (Å²) < 4.78 is 0. The van der Waals surface area contributed by atoms with E-state index in [9.17, 15) is 0 Å². The fourth-order valence-corrected chi connectivity index (χ4v) is 0.982. The van der Waals surface area contributed by atoms with Gasteiger partial charge in [-0.05, 0) is 18.9 Å². The fraction of sp³-hybridized carbons (Fsp3) is 0.556. The van der Waals surface area contributed by atoms with E-state index in [1.54, 1.807) is 6.20 Å². The minimum Gasteiger partial charge on any atom is -0.234 e. The van der Waals surface area contributed by atoms with E-state index in [0.717, 1.165) is 12.1 Å². The highest BCUT2D eigenvalue weighted by Gasteiger charge is 1.91. The summed E-state index contributed by atoms with van der Waals surface area (Å²) in [6, 6.07) is 1.95. The summed E-state index contributed by atoms with van der Waals surface area (Å²) in [7, 11) is 0. The molecular formula is C9H13N2. The first-order valence-corrected chi connectivity index (χ1v) is 4.11. The zero-order chi connectivity index (χ0) is 7.94. The predicted molar refractivity (Wildman–Crippen MR) is 44.1 cm³/mol. The number of unbranched alkanes of at least 4 members (excludes halogenated alkanes) is 2. The molecule has 0 bridgehead atoms. The summed E-state index contributed by atoms with van der Waals surface area (Å²) in [4.78, 5) is 7.75. The van der Waals surface area contributed by atoms with Gasteiger partial charge in [0.15, 0.2) is 6.33 Å². The average Bonchev–Trinajstić information content (AvgIpc) is 2.07. The van der Waals surface area contributed by atoms with E-state index >= 15 is 0 Å². The Labute approximate surface area is 67.7 Å². The number of aromatic nitrogens is 2. The molecule has 59 valence electrons. The first kappa shape index (κ1) is 8.18. The number of hydrogen-bond acceptors (Lipinski definition) is 2. The zero-order valence-corrected chi connectivity index (χ0v) is 6.88. The lowest BCUT2D eigenvalue weighted by Gasteiger charge is -1.96. The third-order valence-electron chi connectivity index (χ3n) is 1.63. The quantitative estimate of drug-likeness (QED) is 0.612. The van der Waals surface area contributed by atoms with Gasteiger partial charge in [0.2, 0.25) is 0 Å². The normalized spacial score (nSPS) is 9.91. The van der Waals surface area contributed by atoms with Crippen molar-refractivity contribution in [1.29, 1.82) is 0 Å². The molecule has 0 saturated heterocycles. The largest absolute Gasteiger partial charge is 0.234 e. The molecule has 2 nitrogen and oxygen atoms in total. The minimum atomic E-state index is 1.06. The molecule has 0 unspecified atom stereocenters. The van der Waals surface area contributed by atoms with Crippen molar-refractivity contribution in [2.45, 2.75) is 32.6 Å². The van der Waals surface area contributed by atoms with Crippen molar-refractivity contribution >= 4 is 0 Å². The molecule has 0 aromatic carbocycles. The van der Waals surface area contributed by atoms with E-state index in [4.69, 9.17) is 0 Å². The van der Waals surface area contributed by atoms with Crippen molar-refractivity contribution in [2.24, 2.45) is 0 Å². The van der Waals surface area contributed by atoms with Gasteiger partial charge in [0.1, 0.15) is 0 Å². The molecule has 0 fully saturated rings. The second kappa shape index (κ2) is 4.83. The van der Waals surface area contributed by atoms with Crippen LogP contribution in [-0.2, 0) is 6.42 Å². The molecule has 1 aromatic rings. The van der Waals surface area contributed by atoms with E-state index in [2.05, 4.69) is 23.2 Å². The number of aryl methyl sites for hydroxylation is 1. The maximum atomic E-state index is 4.01. The van der Waals surface area contributed by atoms with E-state index in [-0.39, 0.29) is 0 Å². The van der Waals surface area contributed by atoms with E-state index < -0.39 is 0 Å². The van der Waals surface area contributed by atoms with Crippen molar-refractivity contribution in [3.63, 3.8) is 0 Å².